The van der Waals surface area contributed by atoms with Crippen LogP contribution in [0.1, 0.15) is 12.5 Å². The number of nitro groups is 1. The monoisotopic (exact) mass is 690 g/mol. The molecule has 2 aromatic carbocycles. The number of nitrogens with one attached hydrogen (secondary N) is 1. The highest BCUT2D eigenvalue weighted by Crippen LogP contribution is 2.40. The zero-order chi connectivity index (χ0) is 21.9. The Morgan fingerprint density at radius 1 is 1.28 bits per heavy atom. The average Bonchev–Trinajstić information content (AvgIpc) is 2.59. The Bertz CT molecular complexity index is 977. The summed E-state index contributed by atoms with van der Waals surface area (Å²) in [5.41, 5.74) is 0.167. The van der Waals surface area contributed by atoms with E-state index in [0.717, 1.165) is 6.07 Å². The summed E-state index contributed by atoms with van der Waals surface area (Å²) in [5.74, 6) is -1.52. The molecule has 154 valence electrons. The fraction of sp³-hybridized carbons (Fsp3) is 0.176. The molecule has 0 unspecified atom stereocenters. The van der Waals surface area contributed by atoms with Gasteiger partial charge in [-0.25, -0.2) is 4.79 Å². The van der Waals surface area contributed by atoms with Crippen molar-refractivity contribution in [2.24, 2.45) is 0 Å². The van der Waals surface area contributed by atoms with Gasteiger partial charge in [0.1, 0.15) is 11.8 Å². The number of hydrogen-bond donors (Lipinski definition) is 3. The summed E-state index contributed by atoms with van der Waals surface area (Å²) in [6.45, 7) is 1.25. The molecule has 9 nitrogen and oxygen atoms in total. The number of halogens is 3. The first-order valence-corrected chi connectivity index (χ1v) is 10.8. The molecule has 29 heavy (non-hydrogen) atoms. The van der Waals surface area contributed by atoms with Crippen LogP contribution in [0.3, 0.4) is 0 Å². The highest BCUT2D eigenvalue weighted by atomic mass is 127. The summed E-state index contributed by atoms with van der Waals surface area (Å²) in [6, 6.07) is 4.86. The van der Waals surface area contributed by atoms with Gasteiger partial charge in [-0.15, -0.1) is 0 Å². The number of nitrogens with zero attached hydrogens (tertiary/aromatic N) is 1. The summed E-state index contributed by atoms with van der Waals surface area (Å²) in [4.78, 5) is 32.9. The Morgan fingerprint density at radius 3 is 2.34 bits per heavy atom. The number of phenols is 1. The highest BCUT2D eigenvalue weighted by molar-refractivity contribution is 14.1. The number of carboxylic acid groups (broad SMARTS) is 1. The van der Waals surface area contributed by atoms with Gasteiger partial charge in [0.15, 0.2) is 5.75 Å². The third kappa shape index (κ3) is 6.15. The number of carbonyl (C=O) groups excluding carboxylic acids is 1. The van der Waals surface area contributed by atoms with Crippen molar-refractivity contribution in [3.05, 3.63) is 51.6 Å². The molecule has 0 radical (unpaired) electrons. The highest BCUT2D eigenvalue weighted by Gasteiger charge is 2.22. The van der Waals surface area contributed by atoms with E-state index in [1.54, 1.807) is 12.1 Å². The van der Waals surface area contributed by atoms with Gasteiger partial charge in [0.25, 0.3) is 0 Å². The van der Waals surface area contributed by atoms with Crippen LogP contribution >= 0.6 is 61.1 Å². The lowest BCUT2D eigenvalue weighted by Crippen LogP contribution is -2.41. The third-order valence-corrected chi connectivity index (χ3v) is 5.81. The van der Waals surface area contributed by atoms with Crippen LogP contribution in [-0.2, 0) is 16.0 Å². The van der Waals surface area contributed by atoms with E-state index in [4.69, 9.17) is 4.74 Å². The average molecular weight is 691 g/mol. The van der Waals surface area contributed by atoms with Crippen molar-refractivity contribution in [3.8, 4) is 17.2 Å². The Labute approximate surface area is 200 Å². The number of carboxylic acids is 1. The van der Waals surface area contributed by atoms with Gasteiger partial charge in [0.05, 0.1) is 22.6 Å². The number of amides is 1. The van der Waals surface area contributed by atoms with E-state index in [2.05, 4.69) is 21.2 Å². The first-order chi connectivity index (χ1) is 13.5. The molecule has 0 aliphatic rings. The van der Waals surface area contributed by atoms with E-state index in [1.165, 1.54) is 13.0 Å². The molecular weight excluding hydrogens is 678 g/mol. The molecule has 0 bridgehead atoms. The van der Waals surface area contributed by atoms with E-state index in [0.29, 0.717) is 18.5 Å². The third-order valence-electron chi connectivity index (χ3n) is 3.61. The van der Waals surface area contributed by atoms with Crippen LogP contribution < -0.4 is 10.1 Å². The van der Waals surface area contributed by atoms with Gasteiger partial charge in [0, 0.05) is 13.3 Å². The number of hydrogen-bond acceptors (Lipinski definition) is 6. The second-order valence-corrected chi connectivity index (χ2v) is 8.99. The van der Waals surface area contributed by atoms with Gasteiger partial charge >= 0.3 is 11.7 Å². The molecule has 2 aromatic rings. The summed E-state index contributed by atoms with van der Waals surface area (Å²) in [7, 11) is 0. The molecular formula is C17H13BrI2N2O7. The van der Waals surface area contributed by atoms with E-state index >= 15 is 0 Å². The lowest BCUT2D eigenvalue weighted by Gasteiger charge is -2.16. The molecule has 0 heterocycles. The quantitative estimate of drug-likeness (QED) is 0.225. The number of aromatic hydroxyl groups is 1. The van der Waals surface area contributed by atoms with Crippen molar-refractivity contribution in [2.75, 3.05) is 0 Å². The molecule has 3 N–H and O–H groups in total. The fourth-order valence-electron chi connectivity index (χ4n) is 2.39. The molecule has 0 aromatic heterocycles. The van der Waals surface area contributed by atoms with Crippen molar-refractivity contribution >= 4 is 78.7 Å². The number of aliphatic carboxylic acids is 1. The number of nitro benzene ring substituents is 1. The molecule has 2 rings (SSSR count). The van der Waals surface area contributed by atoms with E-state index in [-0.39, 0.29) is 16.6 Å². The van der Waals surface area contributed by atoms with Gasteiger partial charge in [-0.2, -0.15) is 0 Å². The Balaban J connectivity index is 2.34. The van der Waals surface area contributed by atoms with E-state index in [9.17, 15) is 29.9 Å². The molecule has 0 saturated heterocycles. The van der Waals surface area contributed by atoms with Crippen molar-refractivity contribution in [3.63, 3.8) is 0 Å². The second-order valence-electron chi connectivity index (χ2n) is 5.82. The van der Waals surface area contributed by atoms with Crippen molar-refractivity contribution in [2.45, 2.75) is 19.4 Å². The first kappa shape index (κ1) is 23.6. The van der Waals surface area contributed by atoms with Crippen LogP contribution in [0.2, 0.25) is 0 Å². The van der Waals surface area contributed by atoms with Crippen LogP contribution in [-0.4, -0.2) is 33.1 Å². The van der Waals surface area contributed by atoms with E-state index in [1.807, 2.05) is 45.2 Å². The zero-order valence-corrected chi connectivity index (χ0v) is 20.5. The molecule has 0 fully saturated rings. The largest absolute Gasteiger partial charge is 0.501 e. The molecule has 0 spiro atoms. The minimum atomic E-state index is -1.15. The van der Waals surface area contributed by atoms with Gasteiger partial charge in [0.2, 0.25) is 11.7 Å². The second kappa shape index (κ2) is 9.88. The maximum Gasteiger partial charge on any atom is 0.326 e. The van der Waals surface area contributed by atoms with Gasteiger partial charge in [-0.05, 0) is 84.9 Å². The predicted octanol–water partition coefficient (Wildman–Crippen LogP) is 4.20. The summed E-state index contributed by atoms with van der Waals surface area (Å²) in [5, 5.41) is 32.5. The lowest BCUT2D eigenvalue weighted by atomic mass is 10.1. The number of phenolic OH excluding ortho intramolecular Hbond substituents is 1. The molecule has 0 saturated carbocycles. The molecule has 1 amide bonds. The predicted molar refractivity (Wildman–Crippen MR) is 123 cm³/mol. The van der Waals surface area contributed by atoms with Crippen LogP contribution in [0, 0.1) is 17.3 Å². The zero-order valence-electron chi connectivity index (χ0n) is 14.6. The number of rotatable bonds is 7. The molecule has 0 aliphatic heterocycles. The molecule has 0 aliphatic carbocycles. The van der Waals surface area contributed by atoms with Gasteiger partial charge in [-0.1, -0.05) is 0 Å². The fourth-order valence-corrected chi connectivity index (χ4v) is 4.93. The number of ether oxygens (including phenoxy) is 1. The standard InChI is InChI=1S/C17H13BrI2N2O7/c1-7(23)21-13(17(25)26)4-8-2-11(19)16(12(20)3-8)29-9-5-10(18)15(24)14(6-9)22(27)28/h2-3,5-6,13,24H,4H2,1H3,(H,21,23)(H,25,26)/t13-/m0/s1. The van der Waals surface area contributed by atoms with E-state index < -0.39 is 34.3 Å². The number of carbonyl (C=O) groups is 2. The van der Waals surface area contributed by atoms with Gasteiger partial charge < -0.3 is 20.3 Å². The SMILES string of the molecule is CC(=O)N[C@@H](Cc1cc(I)c(Oc2cc(Br)c(O)c([N+](=O)[O-])c2)c(I)c1)C(=O)O. The lowest BCUT2D eigenvalue weighted by molar-refractivity contribution is -0.386. The normalized spacial score (nSPS) is 11.6. The molecule has 1 atom stereocenters. The maximum absolute atomic E-state index is 11.3. The van der Waals surface area contributed by atoms with Crippen molar-refractivity contribution in [1.29, 1.82) is 0 Å². The van der Waals surface area contributed by atoms with Crippen molar-refractivity contribution < 1.29 is 29.5 Å². The van der Waals surface area contributed by atoms with Crippen LogP contribution in [0.15, 0.2) is 28.7 Å². The van der Waals surface area contributed by atoms with Crippen LogP contribution in [0.25, 0.3) is 0 Å². The Hall–Kier alpha value is -1.68. The first-order valence-electron chi connectivity index (χ1n) is 7.82. The Kier molecular flexibility index (Phi) is 8.04. The van der Waals surface area contributed by atoms with Crippen molar-refractivity contribution in [1.82, 2.24) is 5.32 Å². The summed E-state index contributed by atoms with van der Waals surface area (Å²) >= 11 is 7.07. The summed E-state index contributed by atoms with van der Waals surface area (Å²) < 4.78 is 7.19. The Morgan fingerprint density at radius 2 is 1.86 bits per heavy atom. The topological polar surface area (TPSA) is 139 Å². The number of benzene rings is 2. The van der Waals surface area contributed by atoms with Crippen LogP contribution in [0.5, 0.6) is 17.2 Å². The minimum absolute atomic E-state index is 0.0808. The maximum atomic E-state index is 11.3. The summed E-state index contributed by atoms with van der Waals surface area (Å²) in [6.07, 6.45) is 0.0808. The van der Waals surface area contributed by atoms with Gasteiger partial charge in [-0.3, -0.25) is 14.9 Å². The smallest absolute Gasteiger partial charge is 0.326 e. The minimum Gasteiger partial charge on any atom is -0.501 e. The molecule has 12 heteroatoms. The van der Waals surface area contributed by atoms with Crippen LogP contribution in [0.4, 0.5) is 5.69 Å².